The summed E-state index contributed by atoms with van der Waals surface area (Å²) in [6.45, 7) is 0.374. The molecule has 0 spiro atoms. The molecule has 0 radical (unpaired) electrons. The van der Waals surface area contributed by atoms with Gasteiger partial charge in [0.15, 0.2) is 5.78 Å². The fourth-order valence-corrected chi connectivity index (χ4v) is 2.29. The molecule has 22 heavy (non-hydrogen) atoms. The highest BCUT2D eigenvalue weighted by Gasteiger charge is 2.13. The molecular formula is C20H16O2. The van der Waals surface area contributed by atoms with Gasteiger partial charge in [0.2, 0.25) is 0 Å². The maximum absolute atomic E-state index is 12.6. The van der Waals surface area contributed by atoms with Crippen LogP contribution >= 0.6 is 0 Å². The van der Waals surface area contributed by atoms with Gasteiger partial charge < -0.3 is 4.74 Å². The van der Waals surface area contributed by atoms with E-state index in [1.54, 1.807) is 0 Å². The van der Waals surface area contributed by atoms with Crippen LogP contribution < -0.4 is 4.74 Å². The van der Waals surface area contributed by atoms with Crippen LogP contribution in [0.25, 0.3) is 0 Å². The Balaban J connectivity index is 1.82. The molecule has 0 N–H and O–H groups in total. The van der Waals surface area contributed by atoms with E-state index in [1.807, 2.05) is 84.9 Å². The zero-order chi connectivity index (χ0) is 15.2. The molecular weight excluding hydrogens is 272 g/mol. The Bertz CT molecular complexity index is 749. The standard InChI is InChI=1S/C20H16O2/c21-20(16-9-3-1-4-10-16)19-14-8-7-11-17(19)15-22-18-12-5-2-6-13-18/h1-14H,15H2. The summed E-state index contributed by atoms with van der Waals surface area (Å²) in [5.74, 6) is 0.817. The molecule has 0 aliphatic carbocycles. The molecule has 0 saturated carbocycles. The van der Waals surface area contributed by atoms with Gasteiger partial charge in [-0.3, -0.25) is 4.79 Å². The van der Waals surface area contributed by atoms with Crippen LogP contribution in [-0.4, -0.2) is 5.78 Å². The molecule has 0 atom stereocenters. The van der Waals surface area contributed by atoms with E-state index in [-0.39, 0.29) is 5.78 Å². The molecule has 0 unspecified atom stereocenters. The van der Waals surface area contributed by atoms with Crippen molar-refractivity contribution in [3.63, 3.8) is 0 Å². The largest absolute Gasteiger partial charge is 0.489 e. The van der Waals surface area contributed by atoms with Crippen molar-refractivity contribution in [3.05, 3.63) is 102 Å². The summed E-state index contributed by atoms with van der Waals surface area (Å²) in [7, 11) is 0. The van der Waals surface area contributed by atoms with Gasteiger partial charge in [0.1, 0.15) is 12.4 Å². The monoisotopic (exact) mass is 288 g/mol. The van der Waals surface area contributed by atoms with Crippen molar-refractivity contribution in [2.45, 2.75) is 6.61 Å². The van der Waals surface area contributed by atoms with Gasteiger partial charge in [0.25, 0.3) is 0 Å². The molecule has 108 valence electrons. The number of rotatable bonds is 5. The summed E-state index contributed by atoms with van der Waals surface area (Å²) in [5, 5.41) is 0. The smallest absolute Gasteiger partial charge is 0.193 e. The second-order valence-corrected chi connectivity index (χ2v) is 4.95. The van der Waals surface area contributed by atoms with E-state index in [0.29, 0.717) is 17.7 Å². The number of hydrogen-bond acceptors (Lipinski definition) is 2. The van der Waals surface area contributed by atoms with Gasteiger partial charge in [-0.2, -0.15) is 0 Å². The first kappa shape index (κ1) is 14.1. The Kier molecular flexibility index (Phi) is 4.30. The second kappa shape index (κ2) is 6.72. The number of hydrogen-bond donors (Lipinski definition) is 0. The summed E-state index contributed by atoms with van der Waals surface area (Å²) in [6, 6.07) is 26.5. The summed E-state index contributed by atoms with van der Waals surface area (Å²) in [6.07, 6.45) is 0. The van der Waals surface area contributed by atoms with E-state index < -0.39 is 0 Å². The van der Waals surface area contributed by atoms with Gasteiger partial charge in [0, 0.05) is 16.7 Å². The number of ether oxygens (including phenoxy) is 1. The van der Waals surface area contributed by atoms with Crippen molar-refractivity contribution >= 4 is 5.78 Å². The molecule has 0 aliphatic rings. The highest BCUT2D eigenvalue weighted by Crippen LogP contribution is 2.17. The van der Waals surface area contributed by atoms with Crippen LogP contribution in [0.3, 0.4) is 0 Å². The van der Waals surface area contributed by atoms with E-state index in [9.17, 15) is 4.79 Å². The van der Waals surface area contributed by atoms with Crippen LogP contribution in [0.15, 0.2) is 84.9 Å². The molecule has 2 heteroatoms. The highest BCUT2D eigenvalue weighted by atomic mass is 16.5. The van der Waals surface area contributed by atoms with Crippen molar-refractivity contribution in [2.75, 3.05) is 0 Å². The van der Waals surface area contributed by atoms with Crippen LogP contribution in [-0.2, 0) is 6.61 Å². The Labute approximate surface area is 130 Å². The van der Waals surface area contributed by atoms with Crippen LogP contribution in [0.1, 0.15) is 21.5 Å². The van der Waals surface area contributed by atoms with Gasteiger partial charge in [-0.15, -0.1) is 0 Å². The van der Waals surface area contributed by atoms with Gasteiger partial charge in [-0.05, 0) is 12.1 Å². The van der Waals surface area contributed by atoms with Gasteiger partial charge >= 0.3 is 0 Å². The molecule has 0 bridgehead atoms. The molecule has 0 heterocycles. The number of carbonyl (C=O) groups excluding carboxylic acids is 1. The Morgan fingerprint density at radius 2 is 1.32 bits per heavy atom. The van der Waals surface area contributed by atoms with E-state index in [0.717, 1.165) is 11.3 Å². The van der Waals surface area contributed by atoms with E-state index in [4.69, 9.17) is 4.74 Å². The zero-order valence-electron chi connectivity index (χ0n) is 12.1. The maximum atomic E-state index is 12.6. The molecule has 0 saturated heterocycles. The normalized spacial score (nSPS) is 10.2. The minimum atomic E-state index is 0.0212. The van der Waals surface area contributed by atoms with Crippen molar-refractivity contribution < 1.29 is 9.53 Å². The number of ketones is 1. The van der Waals surface area contributed by atoms with Crippen LogP contribution in [0, 0.1) is 0 Å². The van der Waals surface area contributed by atoms with Crippen LogP contribution in [0.2, 0.25) is 0 Å². The van der Waals surface area contributed by atoms with Crippen molar-refractivity contribution in [3.8, 4) is 5.75 Å². The minimum Gasteiger partial charge on any atom is -0.489 e. The third-order valence-electron chi connectivity index (χ3n) is 3.44. The Morgan fingerprint density at radius 1 is 0.727 bits per heavy atom. The lowest BCUT2D eigenvalue weighted by Gasteiger charge is -2.10. The molecule has 3 aromatic carbocycles. The molecule has 0 aromatic heterocycles. The lowest BCUT2D eigenvalue weighted by atomic mass is 9.99. The van der Waals surface area contributed by atoms with E-state index in [1.165, 1.54) is 0 Å². The first-order chi connectivity index (χ1) is 10.8. The topological polar surface area (TPSA) is 26.3 Å². The van der Waals surface area contributed by atoms with E-state index >= 15 is 0 Å². The average Bonchev–Trinajstić information content (AvgIpc) is 2.61. The molecule has 0 fully saturated rings. The quantitative estimate of drug-likeness (QED) is 0.646. The molecule has 0 amide bonds. The number of para-hydroxylation sites is 1. The van der Waals surface area contributed by atoms with Crippen molar-refractivity contribution in [1.29, 1.82) is 0 Å². The first-order valence-electron chi connectivity index (χ1n) is 7.20. The highest BCUT2D eigenvalue weighted by molar-refractivity contribution is 6.09. The molecule has 3 rings (SSSR count). The Morgan fingerprint density at radius 3 is 2.05 bits per heavy atom. The maximum Gasteiger partial charge on any atom is 0.193 e. The summed E-state index contributed by atoms with van der Waals surface area (Å²) in [5.41, 5.74) is 2.26. The second-order valence-electron chi connectivity index (χ2n) is 4.95. The van der Waals surface area contributed by atoms with E-state index in [2.05, 4.69) is 0 Å². The molecule has 0 aliphatic heterocycles. The van der Waals surface area contributed by atoms with Gasteiger partial charge in [0.05, 0.1) is 0 Å². The fourth-order valence-electron chi connectivity index (χ4n) is 2.29. The van der Waals surface area contributed by atoms with Crippen molar-refractivity contribution in [1.82, 2.24) is 0 Å². The number of benzene rings is 3. The summed E-state index contributed by atoms with van der Waals surface area (Å²) >= 11 is 0. The summed E-state index contributed by atoms with van der Waals surface area (Å²) in [4.78, 5) is 12.6. The first-order valence-corrected chi connectivity index (χ1v) is 7.20. The summed E-state index contributed by atoms with van der Waals surface area (Å²) < 4.78 is 5.77. The third kappa shape index (κ3) is 3.23. The lowest BCUT2D eigenvalue weighted by molar-refractivity contribution is 0.103. The zero-order valence-corrected chi connectivity index (χ0v) is 12.1. The number of carbonyl (C=O) groups is 1. The van der Waals surface area contributed by atoms with Crippen LogP contribution in [0.4, 0.5) is 0 Å². The van der Waals surface area contributed by atoms with Crippen molar-refractivity contribution in [2.24, 2.45) is 0 Å². The minimum absolute atomic E-state index is 0.0212. The average molecular weight is 288 g/mol. The van der Waals surface area contributed by atoms with Crippen LogP contribution in [0.5, 0.6) is 5.75 Å². The SMILES string of the molecule is O=C(c1ccccc1)c1ccccc1COc1ccccc1. The third-order valence-corrected chi connectivity index (χ3v) is 3.44. The molecule has 3 aromatic rings. The Hall–Kier alpha value is -2.87. The van der Waals surface area contributed by atoms with Gasteiger partial charge in [-0.1, -0.05) is 72.8 Å². The predicted molar refractivity (Wildman–Crippen MR) is 87.1 cm³/mol. The fraction of sp³-hybridized carbons (Fsp3) is 0.0500. The van der Waals surface area contributed by atoms with Gasteiger partial charge in [-0.25, -0.2) is 0 Å². The predicted octanol–water partition coefficient (Wildman–Crippen LogP) is 4.50. The lowest BCUT2D eigenvalue weighted by Crippen LogP contribution is -2.07. The molecule has 2 nitrogen and oxygen atoms in total.